The van der Waals surface area contributed by atoms with Gasteiger partial charge in [-0.25, -0.2) is 4.99 Å². The fourth-order valence-electron chi connectivity index (χ4n) is 2.48. The summed E-state index contributed by atoms with van der Waals surface area (Å²) in [6, 6.07) is 0. The highest BCUT2D eigenvalue weighted by atomic mass is 127. The molecule has 2 aliphatic heterocycles. The highest BCUT2D eigenvalue weighted by molar-refractivity contribution is 14.1. The number of halogens is 4. The first-order valence-corrected chi connectivity index (χ1v) is 9.43. The molecular formula is C15H15BF2I2N2O2. The molecule has 4 nitrogen and oxygen atoms in total. The molecule has 0 saturated carbocycles. The van der Waals surface area contributed by atoms with Gasteiger partial charge in [-0.3, -0.25) is 0 Å². The average molecular weight is 558 g/mol. The van der Waals surface area contributed by atoms with Crippen molar-refractivity contribution in [2.45, 2.75) is 27.7 Å². The summed E-state index contributed by atoms with van der Waals surface area (Å²) in [5, 5.41) is 0. The van der Waals surface area contributed by atoms with Gasteiger partial charge in [0.2, 0.25) is 0 Å². The van der Waals surface area contributed by atoms with Gasteiger partial charge in [-0.2, -0.15) is 0 Å². The average Bonchev–Trinajstić information content (AvgIpc) is 2.91. The fourth-order valence-corrected chi connectivity index (χ4v) is 4.10. The van der Waals surface area contributed by atoms with Gasteiger partial charge in [-0.15, -0.1) is 0 Å². The molecule has 0 bridgehead atoms. The molecule has 0 unspecified atom stereocenters. The molecule has 2 N–H and O–H groups in total. The number of aromatic nitrogens is 1. The van der Waals surface area contributed by atoms with Crippen molar-refractivity contribution >= 4 is 63.8 Å². The van der Waals surface area contributed by atoms with Crippen LogP contribution in [0.15, 0.2) is 26.7 Å². The monoisotopic (exact) mass is 558 g/mol. The second kappa shape index (κ2) is 6.15. The molecular weight excluding hydrogens is 543 g/mol. The van der Waals surface area contributed by atoms with Gasteiger partial charge in [0, 0.05) is 27.8 Å². The fraction of sp³-hybridized carbons (Fsp3) is 0.267. The smallest absolute Gasteiger partial charge is 0.626 e. The van der Waals surface area contributed by atoms with E-state index in [2.05, 4.69) is 55.2 Å². The van der Waals surface area contributed by atoms with Crippen molar-refractivity contribution in [3.8, 4) is 0 Å². The number of hydrogen-bond donors (Lipinski definition) is 2. The van der Waals surface area contributed by atoms with Gasteiger partial charge < -0.3 is 22.9 Å². The van der Waals surface area contributed by atoms with Crippen molar-refractivity contribution in [2.24, 2.45) is 0 Å². The van der Waals surface area contributed by atoms with Crippen LogP contribution >= 0.6 is 45.2 Å². The summed E-state index contributed by atoms with van der Waals surface area (Å²) in [4.78, 5) is 6.24. The molecule has 1 aromatic heterocycles. The van der Waals surface area contributed by atoms with Crippen LogP contribution in [0, 0.1) is 17.4 Å². The van der Waals surface area contributed by atoms with Crippen molar-refractivity contribution in [3.63, 3.8) is 0 Å². The molecule has 0 fully saturated rings. The Labute approximate surface area is 165 Å². The van der Waals surface area contributed by atoms with Crippen LogP contribution in [-0.2, 0) is 9.31 Å². The first-order chi connectivity index (χ1) is 11.1. The van der Waals surface area contributed by atoms with E-state index in [4.69, 9.17) is 9.31 Å². The third kappa shape index (κ3) is 3.04. The van der Waals surface area contributed by atoms with E-state index in [1.165, 1.54) is 6.08 Å². The largest absolute Gasteiger partial charge is 0.726 e. The second-order valence-electron chi connectivity index (χ2n) is 5.77. The molecule has 2 aliphatic rings. The summed E-state index contributed by atoms with van der Waals surface area (Å²) < 4.78 is 39.5. The Morgan fingerprint density at radius 2 is 1.79 bits per heavy atom. The molecule has 24 heavy (non-hydrogen) atoms. The zero-order chi connectivity index (χ0) is 17.8. The first-order valence-electron chi connectivity index (χ1n) is 7.27. The van der Waals surface area contributed by atoms with Crippen molar-refractivity contribution in [2.75, 3.05) is 0 Å². The lowest BCUT2D eigenvalue weighted by Gasteiger charge is -2.33. The Hall–Kier alpha value is -0.845. The van der Waals surface area contributed by atoms with Crippen LogP contribution in [0.4, 0.5) is 8.63 Å². The van der Waals surface area contributed by atoms with Crippen LogP contribution in [0.3, 0.4) is 0 Å². The Bertz CT molecular complexity index is 869. The van der Waals surface area contributed by atoms with E-state index >= 15 is 0 Å². The molecule has 128 valence electrons. The Kier molecular flexibility index (Phi) is 4.60. The van der Waals surface area contributed by atoms with Crippen molar-refractivity contribution in [1.82, 2.24) is 4.98 Å². The predicted molar refractivity (Wildman–Crippen MR) is 106 cm³/mol. The predicted octanol–water partition coefficient (Wildman–Crippen LogP) is 3.47. The molecule has 3 rings (SSSR count). The molecule has 0 saturated heterocycles. The lowest BCUT2D eigenvalue weighted by Crippen LogP contribution is -2.68. The molecule has 3 heterocycles. The highest BCUT2D eigenvalue weighted by Gasteiger charge is 2.41. The number of allylic oxidation sites excluding steroid dienone is 3. The lowest BCUT2D eigenvalue weighted by molar-refractivity contribution is -0.390. The number of aromatic amines is 1. The van der Waals surface area contributed by atoms with Gasteiger partial charge >= 0.3 is 7.11 Å². The summed E-state index contributed by atoms with van der Waals surface area (Å²) in [6.07, 6.45) is 1.51. The van der Waals surface area contributed by atoms with Gasteiger partial charge in [0.05, 0.1) is 9.27 Å². The van der Waals surface area contributed by atoms with Crippen LogP contribution < -0.4 is 4.99 Å². The minimum absolute atomic E-state index is 0.0857. The van der Waals surface area contributed by atoms with Gasteiger partial charge in [-0.05, 0) is 71.5 Å². The quantitative estimate of drug-likeness (QED) is 0.410. The van der Waals surface area contributed by atoms with Crippen LogP contribution in [0.5, 0.6) is 0 Å². The minimum Gasteiger partial charge on any atom is -0.626 e. The molecule has 0 spiro atoms. The van der Waals surface area contributed by atoms with Crippen LogP contribution in [-0.4, -0.2) is 17.8 Å². The zero-order valence-corrected chi connectivity index (χ0v) is 17.8. The molecule has 9 heteroatoms. The molecule has 0 aromatic carbocycles. The lowest BCUT2D eigenvalue weighted by atomic mass is 10.1. The van der Waals surface area contributed by atoms with Gasteiger partial charge in [0.15, 0.2) is 11.5 Å². The molecule has 0 amide bonds. The molecule has 1 aromatic rings. The summed E-state index contributed by atoms with van der Waals surface area (Å²) in [5.74, 6) is 0.171. The second-order valence-corrected chi connectivity index (χ2v) is 7.93. The van der Waals surface area contributed by atoms with E-state index in [0.29, 0.717) is 11.4 Å². The van der Waals surface area contributed by atoms with Gasteiger partial charge in [0.25, 0.3) is 5.70 Å². The minimum atomic E-state index is -4.44. The zero-order valence-electron chi connectivity index (χ0n) is 13.5. The molecule has 0 aliphatic carbocycles. The van der Waals surface area contributed by atoms with Crippen molar-refractivity contribution in [1.29, 1.82) is 0 Å². The SMILES string of the molecule is CC1=[NH+]/C(=C2/C=C(c3[nH]c(C)c(C)c3I)O[B-](F)(F)O2)C(I)=C1C. The third-order valence-corrected chi connectivity index (χ3v) is 6.83. The number of rotatable bonds is 1. The van der Waals surface area contributed by atoms with Crippen LogP contribution in [0.2, 0.25) is 0 Å². The Morgan fingerprint density at radius 3 is 2.29 bits per heavy atom. The maximum absolute atomic E-state index is 14.1. The van der Waals surface area contributed by atoms with E-state index in [1.807, 2.05) is 27.7 Å². The molecule has 0 atom stereocenters. The summed E-state index contributed by atoms with van der Waals surface area (Å²) in [7, 11) is -4.44. The van der Waals surface area contributed by atoms with E-state index in [-0.39, 0.29) is 11.5 Å². The first kappa shape index (κ1) is 18.0. The van der Waals surface area contributed by atoms with E-state index in [0.717, 1.165) is 29.7 Å². The highest BCUT2D eigenvalue weighted by Crippen LogP contribution is 2.37. The topological polar surface area (TPSA) is 48.2 Å². The number of hydrogen-bond acceptors (Lipinski definition) is 2. The van der Waals surface area contributed by atoms with E-state index in [1.54, 1.807) is 0 Å². The maximum atomic E-state index is 14.1. The summed E-state index contributed by atoms with van der Waals surface area (Å²) in [5.41, 5.74) is 4.96. The number of H-pyrrole nitrogens is 1. The Morgan fingerprint density at radius 1 is 1.12 bits per heavy atom. The third-order valence-electron chi connectivity index (χ3n) is 4.13. The maximum Gasteiger partial charge on any atom is 0.726 e. The van der Waals surface area contributed by atoms with Crippen molar-refractivity contribution < 1.29 is 22.9 Å². The number of aryl methyl sites for hydroxylation is 1. The normalized spacial score (nSPS) is 23.0. The summed E-state index contributed by atoms with van der Waals surface area (Å²) in [6.45, 7) is 7.67. The van der Waals surface area contributed by atoms with Gasteiger partial charge in [0.1, 0.15) is 5.76 Å². The van der Waals surface area contributed by atoms with E-state index in [9.17, 15) is 8.63 Å². The van der Waals surface area contributed by atoms with Crippen molar-refractivity contribution in [3.05, 3.63) is 47.2 Å². The standard InChI is InChI=1S/C15H14BF2I2N2O2/c1-6-8(3)21-14(12(6)19)10-5-11(24-16(17,18)23-10)15-13(20)7(2)9(4)22-15/h5,21H,1-4H3/q-1/p+1/b15-11-. The van der Waals surface area contributed by atoms with Crippen LogP contribution in [0.25, 0.3) is 5.76 Å². The summed E-state index contributed by atoms with van der Waals surface area (Å²) >= 11 is 4.26. The van der Waals surface area contributed by atoms with E-state index < -0.39 is 7.11 Å². The Balaban J connectivity index is 2.18. The molecule has 0 radical (unpaired) electrons. The van der Waals surface area contributed by atoms with Crippen LogP contribution in [0.1, 0.15) is 30.8 Å². The van der Waals surface area contributed by atoms with Gasteiger partial charge in [-0.1, -0.05) is 0 Å². The number of nitrogens with one attached hydrogen (secondary N) is 2.